The Balaban J connectivity index is 1.46. The van der Waals surface area contributed by atoms with Crippen LogP contribution in [0, 0.1) is 11.3 Å². The molecule has 2 unspecified atom stereocenters. The van der Waals surface area contributed by atoms with Gasteiger partial charge in [0.15, 0.2) is 6.23 Å². The van der Waals surface area contributed by atoms with Gasteiger partial charge in [-0.2, -0.15) is 13.2 Å². The summed E-state index contributed by atoms with van der Waals surface area (Å²) in [5.41, 5.74) is -0.921. The number of aliphatic hydroxyl groups is 1. The van der Waals surface area contributed by atoms with E-state index in [-0.39, 0.29) is 24.5 Å². The first-order valence-electron chi connectivity index (χ1n) is 11.2. The van der Waals surface area contributed by atoms with Gasteiger partial charge in [0.25, 0.3) is 0 Å². The predicted molar refractivity (Wildman–Crippen MR) is 109 cm³/mol. The molecule has 2 fully saturated rings. The summed E-state index contributed by atoms with van der Waals surface area (Å²) in [7, 11) is 0. The van der Waals surface area contributed by atoms with E-state index >= 15 is 0 Å². The molecule has 0 aromatic heterocycles. The van der Waals surface area contributed by atoms with E-state index in [1.807, 2.05) is 13.8 Å². The highest BCUT2D eigenvalue weighted by Crippen LogP contribution is 2.48. The molecule has 1 aliphatic carbocycles. The largest absolute Gasteiger partial charge is 0.470 e. The number of carbonyl (C=O) groups excluding carboxylic acids is 1. The summed E-state index contributed by atoms with van der Waals surface area (Å²) in [6, 6.07) is 3.85. The number of ether oxygens (including phenoxy) is 1. The number of nitrogens with one attached hydrogen (secondary N) is 1. The number of halogens is 3. The van der Waals surface area contributed by atoms with Crippen LogP contribution in [-0.4, -0.2) is 40.8 Å². The number of hydrogen-bond acceptors (Lipinski definition) is 4. The van der Waals surface area contributed by atoms with Crippen molar-refractivity contribution in [3.63, 3.8) is 0 Å². The molecule has 4 rings (SSSR count). The summed E-state index contributed by atoms with van der Waals surface area (Å²) in [5.74, 6) is 0.481. The van der Waals surface area contributed by atoms with Gasteiger partial charge in [-0.3, -0.25) is 4.79 Å². The molecular weight excluding hydrogens is 409 g/mol. The fourth-order valence-electron chi connectivity index (χ4n) is 5.29. The van der Waals surface area contributed by atoms with E-state index in [0.717, 1.165) is 37.8 Å². The molecule has 31 heavy (non-hydrogen) atoms. The number of aliphatic hydroxyl groups excluding tert-OH is 1. The first-order chi connectivity index (χ1) is 14.6. The van der Waals surface area contributed by atoms with Crippen molar-refractivity contribution in [3.05, 3.63) is 29.3 Å². The van der Waals surface area contributed by atoms with E-state index in [4.69, 9.17) is 4.74 Å². The van der Waals surface area contributed by atoms with Gasteiger partial charge in [0.05, 0.1) is 23.6 Å². The summed E-state index contributed by atoms with van der Waals surface area (Å²) < 4.78 is 45.3. The zero-order valence-corrected chi connectivity index (χ0v) is 18.0. The molecule has 2 N–H and O–H groups in total. The molecule has 0 bridgehead atoms. The first-order valence-corrected chi connectivity index (χ1v) is 11.2. The van der Waals surface area contributed by atoms with Crippen LogP contribution in [0.15, 0.2) is 18.2 Å². The van der Waals surface area contributed by atoms with Crippen molar-refractivity contribution in [1.82, 2.24) is 10.2 Å². The lowest BCUT2D eigenvalue weighted by Crippen LogP contribution is -2.44. The average molecular weight is 441 g/mol. The Morgan fingerprint density at radius 3 is 2.61 bits per heavy atom. The van der Waals surface area contributed by atoms with Crippen molar-refractivity contribution in [3.8, 4) is 5.75 Å². The second-order valence-electron chi connectivity index (χ2n) is 9.55. The molecule has 0 spiro atoms. The number of hydrogen-bond donors (Lipinski definition) is 2. The van der Waals surface area contributed by atoms with Gasteiger partial charge < -0.3 is 20.1 Å². The molecule has 1 saturated carbocycles. The van der Waals surface area contributed by atoms with Crippen LogP contribution >= 0.6 is 0 Å². The molecule has 1 aromatic rings. The molecule has 8 heteroatoms. The van der Waals surface area contributed by atoms with Gasteiger partial charge in [0.1, 0.15) is 5.75 Å². The van der Waals surface area contributed by atoms with E-state index < -0.39 is 23.4 Å². The SMILES string of the molecule is CC(C)C1(CCN[C@H]2CC[C@H](O)CC2)CC2Oc3ccc(C(F)(F)F)cc3CN2C1=O. The highest BCUT2D eigenvalue weighted by molar-refractivity contribution is 5.86. The van der Waals surface area contributed by atoms with Gasteiger partial charge in [0, 0.05) is 18.0 Å². The van der Waals surface area contributed by atoms with Crippen molar-refractivity contribution in [1.29, 1.82) is 0 Å². The second-order valence-corrected chi connectivity index (χ2v) is 9.55. The summed E-state index contributed by atoms with van der Waals surface area (Å²) in [6.45, 7) is 4.89. The number of amides is 1. The van der Waals surface area contributed by atoms with Gasteiger partial charge in [-0.15, -0.1) is 0 Å². The van der Waals surface area contributed by atoms with Gasteiger partial charge >= 0.3 is 6.18 Å². The molecule has 5 nitrogen and oxygen atoms in total. The van der Waals surface area contributed by atoms with Crippen molar-refractivity contribution in [2.75, 3.05) is 6.54 Å². The maximum Gasteiger partial charge on any atom is 0.416 e. The number of benzene rings is 1. The van der Waals surface area contributed by atoms with Crippen molar-refractivity contribution in [2.45, 2.75) is 83.5 Å². The van der Waals surface area contributed by atoms with E-state index in [0.29, 0.717) is 36.7 Å². The summed E-state index contributed by atoms with van der Waals surface area (Å²) >= 11 is 0. The highest BCUT2D eigenvalue weighted by atomic mass is 19.4. The third kappa shape index (κ3) is 4.29. The van der Waals surface area contributed by atoms with Crippen LogP contribution in [-0.2, 0) is 17.5 Å². The van der Waals surface area contributed by atoms with Crippen molar-refractivity contribution < 1.29 is 27.8 Å². The number of nitrogens with zero attached hydrogens (tertiary/aromatic N) is 1. The summed E-state index contributed by atoms with van der Waals surface area (Å²) in [4.78, 5) is 15.1. The molecular formula is C23H31F3N2O3. The van der Waals surface area contributed by atoms with Crippen LogP contribution in [0.3, 0.4) is 0 Å². The van der Waals surface area contributed by atoms with E-state index in [9.17, 15) is 23.1 Å². The topological polar surface area (TPSA) is 61.8 Å². The smallest absolute Gasteiger partial charge is 0.416 e. The van der Waals surface area contributed by atoms with Crippen LogP contribution in [0.25, 0.3) is 0 Å². The minimum absolute atomic E-state index is 0.0311. The van der Waals surface area contributed by atoms with Crippen molar-refractivity contribution >= 4 is 5.91 Å². The van der Waals surface area contributed by atoms with Crippen LogP contribution in [0.2, 0.25) is 0 Å². The minimum atomic E-state index is -4.43. The third-order valence-corrected chi connectivity index (χ3v) is 7.37. The molecule has 2 atom stereocenters. The Kier molecular flexibility index (Phi) is 5.98. The predicted octanol–water partition coefficient (Wildman–Crippen LogP) is 4.08. The van der Waals surface area contributed by atoms with Gasteiger partial charge in [-0.05, 0) is 62.8 Å². The Hall–Kier alpha value is -1.80. The molecule has 1 saturated heterocycles. The maximum atomic E-state index is 13.5. The summed E-state index contributed by atoms with van der Waals surface area (Å²) in [5, 5.41) is 13.2. The Morgan fingerprint density at radius 1 is 1.26 bits per heavy atom. The van der Waals surface area contributed by atoms with E-state index in [1.165, 1.54) is 6.07 Å². The van der Waals surface area contributed by atoms with Crippen LogP contribution in [0.4, 0.5) is 13.2 Å². The minimum Gasteiger partial charge on any atom is -0.470 e. The number of alkyl halides is 3. The zero-order valence-electron chi connectivity index (χ0n) is 18.0. The molecule has 1 aromatic carbocycles. The Bertz CT molecular complexity index is 821. The average Bonchev–Trinajstić information content (AvgIpc) is 2.99. The molecule has 172 valence electrons. The monoisotopic (exact) mass is 440 g/mol. The van der Waals surface area contributed by atoms with E-state index in [2.05, 4.69) is 5.32 Å². The van der Waals surface area contributed by atoms with Crippen molar-refractivity contribution in [2.24, 2.45) is 11.3 Å². The van der Waals surface area contributed by atoms with E-state index in [1.54, 1.807) is 4.90 Å². The highest BCUT2D eigenvalue weighted by Gasteiger charge is 2.55. The van der Waals surface area contributed by atoms with Gasteiger partial charge in [-0.25, -0.2) is 0 Å². The number of rotatable bonds is 5. The number of fused-ring (bicyclic) bond motifs is 2. The van der Waals surface area contributed by atoms with Gasteiger partial charge in [0.2, 0.25) is 5.91 Å². The normalized spacial score (nSPS) is 30.9. The Labute approximate surface area is 180 Å². The quantitative estimate of drug-likeness (QED) is 0.724. The third-order valence-electron chi connectivity index (χ3n) is 7.37. The molecule has 0 radical (unpaired) electrons. The van der Waals surface area contributed by atoms with Crippen LogP contribution in [0.1, 0.15) is 63.5 Å². The fourth-order valence-corrected chi connectivity index (χ4v) is 5.29. The fraction of sp³-hybridized carbons (Fsp3) is 0.696. The van der Waals surface area contributed by atoms with Gasteiger partial charge in [-0.1, -0.05) is 13.8 Å². The second kappa shape index (κ2) is 8.28. The lowest BCUT2D eigenvalue weighted by atomic mass is 9.73. The maximum absolute atomic E-state index is 13.5. The summed E-state index contributed by atoms with van der Waals surface area (Å²) in [6.07, 6.45) is -0.423. The van der Waals surface area contributed by atoms with Crippen LogP contribution < -0.4 is 10.1 Å². The lowest BCUT2D eigenvalue weighted by molar-refractivity contribution is -0.142. The Morgan fingerprint density at radius 2 is 1.97 bits per heavy atom. The standard InChI is InChI=1S/C23H31F3N2O3/c1-14(2)22(9-10-27-17-4-6-18(29)7-5-17)12-20-28(21(22)30)13-15-11-16(23(24,25)26)3-8-19(15)31-20/h3,8,11,14,17-18,20,27,29H,4-7,9-10,12-13H2,1-2H3/t17-,18-,20?,22?. The molecule has 2 aliphatic heterocycles. The molecule has 3 aliphatic rings. The van der Waals surface area contributed by atoms with Crippen LogP contribution in [0.5, 0.6) is 5.75 Å². The molecule has 1 amide bonds. The lowest BCUT2D eigenvalue weighted by Gasteiger charge is -2.33. The first kappa shape index (κ1) is 22.4. The number of carbonyl (C=O) groups is 1. The molecule has 2 heterocycles. The zero-order chi connectivity index (χ0) is 22.4.